The second-order valence-electron chi connectivity index (χ2n) is 5.89. The summed E-state index contributed by atoms with van der Waals surface area (Å²) in [5.41, 5.74) is 9.50. The Morgan fingerprint density at radius 2 is 1.91 bits per heavy atom. The van der Waals surface area contributed by atoms with Crippen LogP contribution in [0.5, 0.6) is 0 Å². The van der Waals surface area contributed by atoms with Crippen LogP contribution in [0.3, 0.4) is 0 Å². The van der Waals surface area contributed by atoms with Crippen molar-refractivity contribution in [2.24, 2.45) is 0 Å². The van der Waals surface area contributed by atoms with E-state index < -0.39 is 0 Å². The van der Waals surface area contributed by atoms with Crippen molar-refractivity contribution in [1.82, 2.24) is 0 Å². The van der Waals surface area contributed by atoms with E-state index in [1.807, 2.05) is 48.5 Å². The topological polar surface area (TPSA) is 64.7 Å². The van der Waals surface area contributed by atoms with E-state index in [1.165, 1.54) is 0 Å². The lowest BCUT2D eigenvalue weighted by molar-refractivity contribution is -0.181. The van der Waals surface area contributed by atoms with Crippen molar-refractivity contribution in [1.29, 1.82) is 0 Å². The highest BCUT2D eigenvalue weighted by molar-refractivity contribution is 5.44. The van der Waals surface area contributed by atoms with Crippen LogP contribution in [0, 0.1) is 0 Å². The summed E-state index contributed by atoms with van der Waals surface area (Å²) in [5.74, 6) is 0. The number of nitrogen functional groups attached to an aromatic ring is 1. The van der Waals surface area contributed by atoms with E-state index in [2.05, 4.69) is 0 Å². The lowest BCUT2D eigenvalue weighted by atomic mass is 9.99. The maximum atomic E-state index is 9.39. The van der Waals surface area contributed by atoms with Gasteiger partial charge < -0.3 is 20.3 Å². The van der Waals surface area contributed by atoms with E-state index in [0.29, 0.717) is 5.69 Å². The maximum absolute atomic E-state index is 9.39. The van der Waals surface area contributed by atoms with Gasteiger partial charge in [0, 0.05) is 12.3 Å². The molecule has 1 saturated heterocycles. The van der Waals surface area contributed by atoms with E-state index >= 15 is 0 Å². The summed E-state index contributed by atoms with van der Waals surface area (Å²) < 4.78 is 12.0. The third kappa shape index (κ3) is 4.10. The summed E-state index contributed by atoms with van der Waals surface area (Å²) in [4.78, 5) is 0. The summed E-state index contributed by atoms with van der Waals surface area (Å²) in [7, 11) is 0. The molecule has 0 aliphatic carbocycles. The molecule has 2 atom stereocenters. The second-order valence-corrected chi connectivity index (χ2v) is 5.89. The van der Waals surface area contributed by atoms with Crippen molar-refractivity contribution in [2.45, 2.75) is 38.3 Å². The number of rotatable bonds is 5. The van der Waals surface area contributed by atoms with Gasteiger partial charge in [-0.2, -0.15) is 0 Å². The molecular formula is C19H23NO3. The van der Waals surface area contributed by atoms with Crippen molar-refractivity contribution in [3.63, 3.8) is 0 Å². The molecule has 1 fully saturated rings. The summed E-state index contributed by atoms with van der Waals surface area (Å²) in [6, 6.07) is 15.5. The lowest BCUT2D eigenvalue weighted by Crippen LogP contribution is -2.25. The van der Waals surface area contributed by atoms with Gasteiger partial charge in [0.15, 0.2) is 6.29 Å². The first-order valence-corrected chi connectivity index (χ1v) is 8.08. The quantitative estimate of drug-likeness (QED) is 0.830. The van der Waals surface area contributed by atoms with Gasteiger partial charge in [0.1, 0.15) is 6.10 Å². The molecule has 3 N–H and O–H groups in total. The van der Waals surface area contributed by atoms with Crippen LogP contribution < -0.4 is 5.73 Å². The van der Waals surface area contributed by atoms with Gasteiger partial charge in [-0.1, -0.05) is 36.4 Å². The first kappa shape index (κ1) is 16.0. The second kappa shape index (κ2) is 7.59. The normalized spacial score (nSPS) is 19.4. The largest absolute Gasteiger partial charge is 0.399 e. The van der Waals surface area contributed by atoms with Gasteiger partial charge in [-0.15, -0.1) is 0 Å². The minimum Gasteiger partial charge on any atom is -0.399 e. The fourth-order valence-corrected chi connectivity index (χ4v) is 2.90. The average Bonchev–Trinajstić information content (AvgIpc) is 2.60. The van der Waals surface area contributed by atoms with Crippen LogP contribution >= 0.6 is 0 Å². The number of ether oxygens (including phenoxy) is 2. The van der Waals surface area contributed by atoms with Crippen molar-refractivity contribution in [3.8, 4) is 0 Å². The highest BCUT2D eigenvalue weighted by atomic mass is 16.7. The number of anilines is 1. The van der Waals surface area contributed by atoms with Gasteiger partial charge in [0.25, 0.3) is 0 Å². The summed E-state index contributed by atoms with van der Waals surface area (Å²) >= 11 is 0. The zero-order chi connectivity index (χ0) is 16.1. The molecule has 0 bridgehead atoms. The number of benzene rings is 2. The van der Waals surface area contributed by atoms with E-state index in [1.54, 1.807) is 0 Å². The minimum absolute atomic E-state index is 0.0113. The highest BCUT2D eigenvalue weighted by Gasteiger charge is 2.23. The van der Waals surface area contributed by atoms with E-state index in [9.17, 15) is 5.11 Å². The lowest BCUT2D eigenvalue weighted by Gasteiger charge is -2.28. The van der Waals surface area contributed by atoms with E-state index in [4.69, 9.17) is 15.2 Å². The maximum Gasteiger partial charge on any atom is 0.158 e. The van der Waals surface area contributed by atoms with Crippen LogP contribution in [-0.2, 0) is 16.1 Å². The van der Waals surface area contributed by atoms with Gasteiger partial charge in [-0.3, -0.25) is 0 Å². The molecule has 2 unspecified atom stereocenters. The Morgan fingerprint density at radius 1 is 1.13 bits per heavy atom. The molecular weight excluding hydrogens is 290 g/mol. The van der Waals surface area contributed by atoms with Crippen LogP contribution in [0.1, 0.15) is 42.1 Å². The van der Waals surface area contributed by atoms with Crippen molar-refractivity contribution in [2.75, 3.05) is 12.3 Å². The van der Waals surface area contributed by atoms with Crippen LogP contribution in [-0.4, -0.2) is 18.0 Å². The average molecular weight is 313 g/mol. The van der Waals surface area contributed by atoms with Crippen molar-refractivity contribution < 1.29 is 14.6 Å². The van der Waals surface area contributed by atoms with Crippen molar-refractivity contribution >= 4 is 5.69 Å². The predicted octanol–water partition coefficient (Wildman–Crippen LogP) is 3.39. The van der Waals surface area contributed by atoms with Crippen LogP contribution in [0.15, 0.2) is 48.5 Å². The zero-order valence-electron chi connectivity index (χ0n) is 13.2. The number of nitrogens with two attached hydrogens (primary N) is 1. The SMILES string of the molecule is Nc1cccc(C(OC2CCCCO2)c2cccc(CO)c2)c1. The first-order chi connectivity index (χ1) is 11.3. The summed E-state index contributed by atoms with van der Waals surface area (Å²) in [6.45, 7) is 0.752. The molecule has 0 saturated carbocycles. The first-order valence-electron chi connectivity index (χ1n) is 8.08. The van der Waals surface area contributed by atoms with Crippen LogP contribution in [0.4, 0.5) is 5.69 Å². The smallest absolute Gasteiger partial charge is 0.158 e. The molecule has 1 aliphatic rings. The minimum atomic E-state index is -0.256. The van der Waals surface area contributed by atoms with Gasteiger partial charge in [-0.05, 0) is 48.1 Å². The monoisotopic (exact) mass is 313 g/mol. The fourth-order valence-electron chi connectivity index (χ4n) is 2.90. The molecule has 2 aromatic carbocycles. The Bertz CT molecular complexity index is 638. The Balaban J connectivity index is 1.91. The molecule has 3 rings (SSSR count). The third-order valence-electron chi connectivity index (χ3n) is 4.08. The molecule has 1 heterocycles. The molecule has 0 spiro atoms. The zero-order valence-corrected chi connectivity index (χ0v) is 13.2. The van der Waals surface area contributed by atoms with Crippen LogP contribution in [0.25, 0.3) is 0 Å². The van der Waals surface area contributed by atoms with E-state index in [-0.39, 0.29) is 19.0 Å². The third-order valence-corrected chi connectivity index (χ3v) is 4.08. The molecule has 2 aromatic rings. The summed E-state index contributed by atoms with van der Waals surface area (Å²) in [6.07, 6.45) is 2.65. The predicted molar refractivity (Wildman–Crippen MR) is 89.7 cm³/mol. The van der Waals surface area contributed by atoms with Crippen molar-refractivity contribution in [3.05, 3.63) is 65.2 Å². The Labute approximate surface area is 136 Å². The molecule has 4 nitrogen and oxygen atoms in total. The number of aliphatic hydroxyl groups is 1. The van der Waals surface area contributed by atoms with Gasteiger partial charge >= 0.3 is 0 Å². The van der Waals surface area contributed by atoms with Crippen LogP contribution in [0.2, 0.25) is 0 Å². The van der Waals surface area contributed by atoms with E-state index in [0.717, 1.165) is 42.6 Å². The number of hydrogen-bond acceptors (Lipinski definition) is 4. The summed E-state index contributed by atoms with van der Waals surface area (Å²) in [5, 5.41) is 9.39. The molecule has 23 heavy (non-hydrogen) atoms. The number of aliphatic hydroxyl groups excluding tert-OH is 1. The Morgan fingerprint density at radius 3 is 2.61 bits per heavy atom. The van der Waals surface area contributed by atoms with Gasteiger partial charge in [-0.25, -0.2) is 0 Å². The standard InChI is InChI=1S/C19H23NO3/c20-17-8-4-7-16(12-17)19(23-18-9-1-2-10-22-18)15-6-3-5-14(11-15)13-21/h3-8,11-12,18-19,21H,1-2,9-10,13,20H2. The van der Waals surface area contributed by atoms with Gasteiger partial charge in [0.05, 0.1) is 6.61 Å². The molecule has 122 valence electrons. The molecule has 4 heteroatoms. The van der Waals surface area contributed by atoms with Gasteiger partial charge in [0.2, 0.25) is 0 Å². The Hall–Kier alpha value is -1.88. The fraction of sp³-hybridized carbons (Fsp3) is 0.368. The molecule has 1 aliphatic heterocycles. The highest BCUT2D eigenvalue weighted by Crippen LogP contribution is 2.31. The molecule has 0 amide bonds. The molecule has 0 aromatic heterocycles. The Kier molecular flexibility index (Phi) is 5.28. The molecule has 0 radical (unpaired) electrons. The number of hydrogen-bond donors (Lipinski definition) is 2.